The summed E-state index contributed by atoms with van der Waals surface area (Å²) in [7, 11) is 1.55. The first-order chi connectivity index (χ1) is 38.4. The number of carbonyl (C=O) groups excluding carboxylic acids is 3. The number of ether oxygens (including phenoxy) is 3. The number of morpholine rings is 1. The monoisotopic (exact) mass is 1120 g/mol. The third-order valence-electron chi connectivity index (χ3n) is 18.0. The number of nitrogens with one attached hydrogen (secondary N) is 2. The van der Waals surface area contributed by atoms with Gasteiger partial charge in [-0.3, -0.25) is 44.1 Å². The zero-order valence-electron chi connectivity index (χ0n) is 46.3. The highest BCUT2D eigenvalue weighted by Gasteiger charge is 2.56. The number of thiazole rings is 1. The van der Waals surface area contributed by atoms with Crippen LogP contribution < -0.4 is 10.7 Å². The Kier molecular flexibility index (Phi) is 15.0. The van der Waals surface area contributed by atoms with Crippen molar-refractivity contribution in [1.82, 2.24) is 50.0 Å². The van der Waals surface area contributed by atoms with Crippen LogP contribution in [0.1, 0.15) is 106 Å². The number of pyridine rings is 2. The zero-order chi connectivity index (χ0) is 55.8. The molecule has 2 N–H and O–H groups in total. The van der Waals surface area contributed by atoms with Crippen LogP contribution in [0.4, 0.5) is 13.2 Å². The molecule has 1 unspecified atom stereocenters. The topological polar surface area (TPSA) is 160 Å². The van der Waals surface area contributed by atoms with Crippen LogP contribution in [-0.4, -0.2) is 160 Å². The number of aromatic nitrogens is 4. The molecule has 8 aliphatic rings. The molecule has 5 aromatic rings. The maximum Gasteiger partial charge on any atom is 0.406 e. The second-order valence-corrected chi connectivity index (χ2v) is 24.9. The van der Waals surface area contributed by atoms with Gasteiger partial charge in [0.1, 0.15) is 23.6 Å². The zero-order valence-corrected chi connectivity index (χ0v) is 47.1. The molecular weight excluding hydrogens is 1050 g/mol. The molecule has 4 aromatic heterocycles. The molecule has 9 heterocycles. The van der Waals surface area contributed by atoms with E-state index in [0.29, 0.717) is 100 Å². The van der Waals surface area contributed by atoms with Gasteiger partial charge in [0.15, 0.2) is 0 Å². The Bertz CT molecular complexity index is 3210. The molecular formula is C60H71F3N10O6S. The van der Waals surface area contributed by atoms with E-state index in [-0.39, 0.29) is 54.7 Å². The van der Waals surface area contributed by atoms with E-state index in [1.807, 2.05) is 57.3 Å². The third kappa shape index (κ3) is 10.9. The number of esters is 1. The van der Waals surface area contributed by atoms with E-state index in [0.717, 1.165) is 31.7 Å². The maximum atomic E-state index is 15.5. The van der Waals surface area contributed by atoms with Crippen molar-refractivity contribution in [3.8, 4) is 34.4 Å². The molecule has 13 rings (SSSR count). The van der Waals surface area contributed by atoms with Crippen LogP contribution in [0.3, 0.4) is 0 Å². The van der Waals surface area contributed by atoms with Crippen molar-refractivity contribution in [2.24, 2.45) is 23.2 Å². The third-order valence-corrected chi connectivity index (χ3v) is 18.9. The number of methoxy groups -OCH3 is 1. The standard InChI is InChI=1S/C60H71F3N10O6S/c1-34(69-17-19-70(20-18-69)41-10-11-41)7-8-37-25-44(50(65-30-37)36(3)77-6)53-45-29-59(4,5)33-79-58(76)51-40-26-42(27-40)73(68-51)57(75)52(67-55(74)49-35(2)48(49)38-13-15-64-16-14-38)54(71-21-23-78-24-22-71)56-66-46(31-80-56)39-9-12-47(43(45)28-39)72(53)32-60(61,62)63/h9,12-16,25,28,30-31,34-36,40-42,48-49,51-52,54,68H,10-11,17-24,26-27,29,32-33H2,1-6H3,(H,67,74)/t34-,35+,36+,40?,42?,48+,49-,51+,52?,54+/m1/s1. The van der Waals surface area contributed by atoms with Crippen LogP contribution in [0.5, 0.6) is 0 Å². The van der Waals surface area contributed by atoms with Gasteiger partial charge in [-0.15, -0.1) is 11.3 Å². The number of piperazine rings is 1. The van der Waals surface area contributed by atoms with E-state index in [1.54, 1.807) is 42.8 Å². The van der Waals surface area contributed by atoms with Crippen molar-refractivity contribution in [3.63, 3.8) is 0 Å². The molecule has 3 saturated carbocycles. The first-order valence-corrected chi connectivity index (χ1v) is 29.3. The van der Waals surface area contributed by atoms with E-state index in [2.05, 4.69) is 49.2 Å². The van der Waals surface area contributed by atoms with E-state index in [1.165, 1.54) is 28.7 Å². The van der Waals surface area contributed by atoms with Crippen LogP contribution in [0.2, 0.25) is 0 Å². The summed E-state index contributed by atoms with van der Waals surface area (Å²) in [6.07, 6.45) is 3.72. The fourth-order valence-electron chi connectivity index (χ4n) is 13.2. The van der Waals surface area contributed by atoms with Gasteiger partial charge in [0, 0.05) is 121 Å². The van der Waals surface area contributed by atoms with Crippen LogP contribution in [-0.2, 0) is 41.6 Å². The lowest BCUT2D eigenvalue weighted by atomic mass is 9.73. The number of rotatable bonds is 10. The molecule has 3 aliphatic carbocycles. The molecule has 0 spiro atoms. The maximum absolute atomic E-state index is 15.5. The minimum absolute atomic E-state index is 0.00996. The van der Waals surface area contributed by atoms with Gasteiger partial charge in [0.05, 0.1) is 55.1 Å². The Morgan fingerprint density at radius 2 is 1.75 bits per heavy atom. The second-order valence-electron chi connectivity index (χ2n) is 24.0. The summed E-state index contributed by atoms with van der Waals surface area (Å²) in [5, 5.41) is 7.88. The SMILES string of the molecule is CO[C@@H](C)c1ncc(C#C[C@@H](C)N2CCN(C3CC3)CC2)cc1-c1c2c3cc(ccc3n1CC(F)(F)F)-c1csc(n1)[C@@H](N1CCOCC1)C(NC(=O)[C@@H]1[C@@H](C)[C@H]1c1ccncc1)C(=O)N1N[C@H](C(=O)OCC(C)(C)C2)C2CC1C2. The number of alkyl halides is 3. The summed E-state index contributed by atoms with van der Waals surface area (Å²) < 4.78 is 65.2. The Hall–Kier alpha value is -5.79. The predicted molar refractivity (Wildman–Crippen MR) is 296 cm³/mol. The highest BCUT2D eigenvalue weighted by molar-refractivity contribution is 7.10. The first-order valence-electron chi connectivity index (χ1n) is 28.4. The minimum atomic E-state index is -4.63. The lowest BCUT2D eigenvalue weighted by molar-refractivity contribution is -0.172. The highest BCUT2D eigenvalue weighted by Crippen LogP contribution is 2.54. The van der Waals surface area contributed by atoms with Crippen LogP contribution in [0.15, 0.2) is 60.4 Å². The molecule has 20 heteroatoms. The molecule has 8 bridgehead atoms. The average Bonchev–Trinajstić information content (AvgIpc) is 4.50. The summed E-state index contributed by atoms with van der Waals surface area (Å²) in [5.74, 6) is 5.09. The van der Waals surface area contributed by atoms with Crippen molar-refractivity contribution in [1.29, 1.82) is 0 Å². The summed E-state index contributed by atoms with van der Waals surface area (Å²) in [6, 6.07) is 8.79. The Morgan fingerprint density at radius 1 is 1.00 bits per heavy atom. The van der Waals surface area contributed by atoms with Crippen LogP contribution >= 0.6 is 11.3 Å². The van der Waals surface area contributed by atoms with Crippen molar-refractivity contribution in [2.75, 3.05) is 66.2 Å². The van der Waals surface area contributed by atoms with Gasteiger partial charge in [0.2, 0.25) is 5.91 Å². The van der Waals surface area contributed by atoms with Gasteiger partial charge in [0.25, 0.3) is 5.91 Å². The molecule has 4 saturated heterocycles. The summed E-state index contributed by atoms with van der Waals surface area (Å²) in [6.45, 7) is 14.0. The minimum Gasteiger partial charge on any atom is -0.464 e. The van der Waals surface area contributed by atoms with E-state index < -0.39 is 54.3 Å². The van der Waals surface area contributed by atoms with E-state index >= 15 is 18.0 Å². The van der Waals surface area contributed by atoms with Crippen molar-refractivity contribution in [2.45, 2.75) is 128 Å². The molecule has 0 radical (unpaired) electrons. The van der Waals surface area contributed by atoms with Crippen molar-refractivity contribution in [3.05, 3.63) is 87.8 Å². The number of benzene rings is 1. The lowest BCUT2D eigenvalue weighted by Gasteiger charge is -2.53. The molecule has 7 fully saturated rings. The Labute approximate surface area is 469 Å². The number of nitrogens with zero attached hydrogens (tertiary/aromatic N) is 8. The molecule has 16 nitrogen and oxygen atoms in total. The summed E-state index contributed by atoms with van der Waals surface area (Å²) in [5.41, 5.74) is 7.45. The first kappa shape index (κ1) is 54.8. The van der Waals surface area contributed by atoms with Crippen LogP contribution in [0, 0.1) is 35.0 Å². The smallest absolute Gasteiger partial charge is 0.406 e. The van der Waals surface area contributed by atoms with E-state index in [4.69, 9.17) is 24.2 Å². The molecule has 1 aromatic carbocycles. The normalized spacial score (nSPS) is 28.2. The molecule has 424 valence electrons. The second kappa shape index (κ2) is 21.8. The van der Waals surface area contributed by atoms with Crippen molar-refractivity contribution >= 4 is 40.0 Å². The van der Waals surface area contributed by atoms with Gasteiger partial charge < -0.3 is 24.1 Å². The van der Waals surface area contributed by atoms with E-state index in [9.17, 15) is 9.59 Å². The molecule has 5 aliphatic heterocycles. The highest BCUT2D eigenvalue weighted by atomic mass is 32.1. The number of halogens is 3. The summed E-state index contributed by atoms with van der Waals surface area (Å²) in [4.78, 5) is 66.3. The molecule has 8 atom stereocenters. The number of hydrogen-bond acceptors (Lipinski definition) is 14. The largest absolute Gasteiger partial charge is 0.464 e. The fourth-order valence-corrected chi connectivity index (χ4v) is 14.2. The number of carbonyl (C=O) groups is 3. The lowest BCUT2D eigenvalue weighted by Crippen LogP contribution is -2.72. The van der Waals surface area contributed by atoms with Gasteiger partial charge in [-0.05, 0) is 105 Å². The van der Waals surface area contributed by atoms with Gasteiger partial charge >= 0.3 is 12.1 Å². The quantitative estimate of drug-likeness (QED) is 0.105. The number of fused-ring (bicyclic) bond motifs is 4. The Balaban J connectivity index is 0.986. The number of hydrogen-bond donors (Lipinski definition) is 2. The molecule has 2 amide bonds. The fraction of sp³-hybridized carbons (Fsp3) is 0.567. The number of cyclic esters (lactones) is 1. The summed E-state index contributed by atoms with van der Waals surface area (Å²) >= 11 is 1.36. The number of amides is 2. The van der Waals surface area contributed by atoms with Crippen molar-refractivity contribution < 1.29 is 41.8 Å². The average molecular weight is 1120 g/mol. The number of hydrazine groups is 1. The van der Waals surface area contributed by atoms with Gasteiger partial charge in [-0.1, -0.05) is 38.7 Å². The van der Waals surface area contributed by atoms with Gasteiger partial charge in [-0.2, -0.15) is 13.2 Å². The predicted octanol–water partition coefficient (Wildman–Crippen LogP) is 7.54. The van der Waals surface area contributed by atoms with Gasteiger partial charge in [-0.25, -0.2) is 10.4 Å². The molecule has 80 heavy (non-hydrogen) atoms. The Morgan fingerprint density at radius 3 is 2.46 bits per heavy atom. The van der Waals surface area contributed by atoms with Crippen LogP contribution in [0.25, 0.3) is 33.4 Å².